The molecular weight excluding hydrogens is 370 g/mol. The Bertz CT molecular complexity index is 939. The van der Waals surface area contributed by atoms with Crippen molar-refractivity contribution in [3.05, 3.63) is 58.6 Å². The van der Waals surface area contributed by atoms with Crippen molar-refractivity contribution in [3.8, 4) is 0 Å². The normalized spacial score (nSPS) is 11.4. The predicted molar refractivity (Wildman–Crippen MR) is 92.5 cm³/mol. The van der Waals surface area contributed by atoms with Gasteiger partial charge in [-0.3, -0.25) is 0 Å². The summed E-state index contributed by atoms with van der Waals surface area (Å²) in [5.74, 6) is 0. The topological polar surface area (TPSA) is 92.2 Å². The van der Waals surface area contributed by atoms with Crippen LogP contribution in [0, 0.1) is 0 Å². The summed E-state index contributed by atoms with van der Waals surface area (Å²) in [6.45, 7) is -0.169. The highest BCUT2D eigenvalue weighted by Gasteiger charge is 2.17. The number of sulfone groups is 1. The molecule has 0 fully saturated rings. The fraction of sp³-hybridized carbons (Fsp3) is 0.0667. The van der Waals surface area contributed by atoms with Gasteiger partial charge in [0.15, 0.2) is 0 Å². The highest BCUT2D eigenvalue weighted by atomic mass is 35.5. The number of nitrogens with zero attached hydrogens (tertiary/aromatic N) is 2. The monoisotopic (exact) mass is 381 g/mol. The zero-order chi connectivity index (χ0) is 17.2. The molecule has 0 saturated carbocycles. The number of aliphatic hydroxyl groups is 1. The number of anilines is 2. The number of rotatable bonds is 5. The molecule has 0 saturated heterocycles. The lowest BCUT2D eigenvalue weighted by atomic mass is 10.3. The van der Waals surface area contributed by atoms with E-state index in [0.29, 0.717) is 20.8 Å². The van der Waals surface area contributed by atoms with Crippen LogP contribution >= 0.6 is 22.9 Å². The van der Waals surface area contributed by atoms with Crippen LogP contribution in [0.1, 0.15) is 5.01 Å². The Morgan fingerprint density at radius 3 is 2.12 bits per heavy atom. The van der Waals surface area contributed by atoms with Crippen LogP contribution in [0.5, 0.6) is 0 Å². The molecule has 1 aromatic heterocycles. The van der Waals surface area contributed by atoms with Crippen LogP contribution in [0.3, 0.4) is 0 Å². The minimum atomic E-state index is -3.59. The van der Waals surface area contributed by atoms with Crippen LogP contribution in [-0.4, -0.2) is 23.7 Å². The zero-order valence-electron chi connectivity index (χ0n) is 12.2. The summed E-state index contributed by atoms with van der Waals surface area (Å²) in [5.41, 5.74) is 0.672. The van der Waals surface area contributed by atoms with Gasteiger partial charge in [0.2, 0.25) is 15.0 Å². The van der Waals surface area contributed by atoms with E-state index in [4.69, 9.17) is 16.7 Å². The summed E-state index contributed by atoms with van der Waals surface area (Å²) in [7, 11) is -3.59. The number of benzene rings is 2. The Morgan fingerprint density at radius 2 is 1.58 bits per heavy atom. The molecule has 0 aliphatic carbocycles. The van der Waals surface area contributed by atoms with Gasteiger partial charge in [0.25, 0.3) is 0 Å². The molecular formula is C15H12ClN3O3S2. The average Bonchev–Trinajstić information content (AvgIpc) is 3.03. The highest BCUT2D eigenvalue weighted by Crippen LogP contribution is 2.25. The van der Waals surface area contributed by atoms with E-state index in [9.17, 15) is 8.42 Å². The minimum absolute atomic E-state index is 0.169. The lowest BCUT2D eigenvalue weighted by molar-refractivity contribution is 0.280. The molecule has 124 valence electrons. The van der Waals surface area contributed by atoms with Crippen LogP contribution in [0.15, 0.2) is 58.3 Å². The number of hydrogen-bond donors (Lipinski definition) is 2. The van der Waals surface area contributed by atoms with E-state index < -0.39 is 9.84 Å². The zero-order valence-corrected chi connectivity index (χ0v) is 14.6. The maximum Gasteiger partial charge on any atom is 0.210 e. The second-order valence-corrected chi connectivity index (χ2v) is 8.21. The molecule has 0 unspecified atom stereocenters. The van der Waals surface area contributed by atoms with E-state index in [0.717, 1.165) is 0 Å². The van der Waals surface area contributed by atoms with Crippen molar-refractivity contribution in [1.29, 1.82) is 0 Å². The molecule has 0 bridgehead atoms. The van der Waals surface area contributed by atoms with Crippen molar-refractivity contribution < 1.29 is 13.5 Å². The standard InChI is InChI=1S/C15H12ClN3O3S2/c16-10-1-5-12(6-2-10)24(21,22)13-7-3-11(4-8-13)17-15-19-18-14(9-20)23-15/h1-8,20H,9H2,(H,17,19). The predicted octanol–water partition coefficient (Wildman–Crippen LogP) is 3.26. The third kappa shape index (κ3) is 3.57. The average molecular weight is 382 g/mol. The van der Waals surface area contributed by atoms with E-state index >= 15 is 0 Å². The molecule has 0 amide bonds. The summed E-state index contributed by atoms with van der Waals surface area (Å²) in [5, 5.41) is 21.1. The summed E-state index contributed by atoms with van der Waals surface area (Å²) in [6, 6.07) is 12.3. The molecule has 0 atom stereocenters. The first-order valence-corrected chi connectivity index (χ1v) is 9.48. The maximum absolute atomic E-state index is 12.5. The maximum atomic E-state index is 12.5. The Balaban J connectivity index is 1.82. The van der Waals surface area contributed by atoms with E-state index in [1.54, 1.807) is 24.3 Å². The van der Waals surface area contributed by atoms with E-state index in [1.807, 2.05) is 0 Å². The lowest BCUT2D eigenvalue weighted by Gasteiger charge is -2.06. The summed E-state index contributed by atoms with van der Waals surface area (Å²) < 4.78 is 25.1. The van der Waals surface area contributed by atoms with Crippen LogP contribution in [-0.2, 0) is 16.4 Å². The van der Waals surface area contributed by atoms with Gasteiger partial charge in [-0.2, -0.15) is 0 Å². The van der Waals surface area contributed by atoms with Gasteiger partial charge in [-0.05, 0) is 48.5 Å². The van der Waals surface area contributed by atoms with Crippen molar-refractivity contribution in [2.24, 2.45) is 0 Å². The fourth-order valence-electron chi connectivity index (χ4n) is 1.96. The molecule has 1 heterocycles. The first-order valence-electron chi connectivity index (χ1n) is 6.80. The molecule has 0 aliphatic heterocycles. The molecule has 0 aliphatic rings. The van der Waals surface area contributed by atoms with Gasteiger partial charge in [0, 0.05) is 10.7 Å². The van der Waals surface area contributed by atoms with Gasteiger partial charge in [0.05, 0.1) is 16.4 Å². The first-order chi connectivity index (χ1) is 11.5. The second-order valence-electron chi connectivity index (χ2n) is 4.77. The number of halogens is 1. The summed E-state index contributed by atoms with van der Waals surface area (Å²) >= 11 is 7.01. The second kappa shape index (κ2) is 6.86. The van der Waals surface area contributed by atoms with Crippen LogP contribution in [0.4, 0.5) is 10.8 Å². The van der Waals surface area contributed by atoms with Crippen molar-refractivity contribution in [3.63, 3.8) is 0 Å². The molecule has 2 N–H and O–H groups in total. The molecule has 24 heavy (non-hydrogen) atoms. The Hall–Kier alpha value is -2.00. The van der Waals surface area contributed by atoms with Gasteiger partial charge in [0.1, 0.15) is 5.01 Å². The van der Waals surface area contributed by atoms with E-state index in [2.05, 4.69) is 15.5 Å². The van der Waals surface area contributed by atoms with Crippen molar-refractivity contribution in [2.45, 2.75) is 16.4 Å². The lowest BCUT2D eigenvalue weighted by Crippen LogP contribution is -2.02. The SMILES string of the molecule is O=S(=O)(c1ccc(Cl)cc1)c1ccc(Nc2nnc(CO)s2)cc1. The van der Waals surface area contributed by atoms with Crippen LogP contribution in [0.25, 0.3) is 0 Å². The third-order valence-electron chi connectivity index (χ3n) is 3.14. The molecule has 2 aromatic carbocycles. The Kier molecular flexibility index (Phi) is 4.81. The Morgan fingerprint density at radius 1 is 1.00 bits per heavy atom. The summed E-state index contributed by atoms with van der Waals surface area (Å²) in [6.07, 6.45) is 0. The van der Waals surface area contributed by atoms with Gasteiger partial charge in [-0.15, -0.1) is 10.2 Å². The van der Waals surface area contributed by atoms with Crippen molar-refractivity contribution >= 4 is 43.6 Å². The third-order valence-corrected chi connectivity index (χ3v) is 6.00. The number of aliphatic hydroxyl groups excluding tert-OH is 1. The van der Waals surface area contributed by atoms with E-state index in [1.165, 1.54) is 35.6 Å². The van der Waals surface area contributed by atoms with Gasteiger partial charge >= 0.3 is 0 Å². The highest BCUT2D eigenvalue weighted by molar-refractivity contribution is 7.91. The fourth-order valence-corrected chi connectivity index (χ4v) is 3.97. The number of hydrogen-bond acceptors (Lipinski definition) is 7. The Labute approximate surface area is 147 Å². The largest absolute Gasteiger partial charge is 0.389 e. The quantitative estimate of drug-likeness (QED) is 0.704. The van der Waals surface area contributed by atoms with Crippen molar-refractivity contribution in [1.82, 2.24) is 10.2 Å². The van der Waals surface area contributed by atoms with Crippen LogP contribution in [0.2, 0.25) is 5.02 Å². The van der Waals surface area contributed by atoms with E-state index in [-0.39, 0.29) is 16.4 Å². The van der Waals surface area contributed by atoms with Crippen LogP contribution < -0.4 is 5.32 Å². The number of aromatic nitrogens is 2. The van der Waals surface area contributed by atoms with Crippen molar-refractivity contribution in [2.75, 3.05) is 5.32 Å². The molecule has 6 nitrogen and oxygen atoms in total. The summed E-state index contributed by atoms with van der Waals surface area (Å²) in [4.78, 5) is 0.369. The first kappa shape index (κ1) is 16.8. The molecule has 0 spiro atoms. The smallest absolute Gasteiger partial charge is 0.210 e. The molecule has 3 aromatic rings. The minimum Gasteiger partial charge on any atom is -0.389 e. The molecule has 0 radical (unpaired) electrons. The van der Waals surface area contributed by atoms with Gasteiger partial charge < -0.3 is 10.4 Å². The van der Waals surface area contributed by atoms with Gasteiger partial charge in [-0.1, -0.05) is 22.9 Å². The molecule has 3 rings (SSSR count). The molecule has 9 heteroatoms. The van der Waals surface area contributed by atoms with Gasteiger partial charge in [-0.25, -0.2) is 8.42 Å². The number of nitrogens with one attached hydrogen (secondary N) is 1.